The van der Waals surface area contributed by atoms with Crippen molar-refractivity contribution in [2.75, 3.05) is 26.7 Å². The molecule has 1 spiro atoms. The van der Waals surface area contributed by atoms with Crippen molar-refractivity contribution >= 4 is 12.0 Å². The molecule has 0 unspecified atom stereocenters. The van der Waals surface area contributed by atoms with E-state index in [4.69, 9.17) is 4.74 Å². The first-order chi connectivity index (χ1) is 9.01. The summed E-state index contributed by atoms with van der Waals surface area (Å²) in [4.78, 5) is 34.0. The summed E-state index contributed by atoms with van der Waals surface area (Å²) in [5.41, 5.74) is 0.660. The van der Waals surface area contributed by atoms with E-state index in [1.165, 1.54) is 6.33 Å². The number of imidazole rings is 1. The lowest BCUT2D eigenvalue weighted by Gasteiger charge is -2.21. The highest BCUT2D eigenvalue weighted by Crippen LogP contribution is 2.32. The zero-order chi connectivity index (χ0) is 13.6. The maximum atomic E-state index is 12.3. The summed E-state index contributed by atoms with van der Waals surface area (Å²) in [6, 6.07) is 0. The molecule has 1 aromatic heterocycles. The number of amides is 2. The molecule has 0 bridgehead atoms. The van der Waals surface area contributed by atoms with Gasteiger partial charge in [0.1, 0.15) is 5.69 Å². The van der Waals surface area contributed by atoms with Crippen LogP contribution in [0.2, 0.25) is 0 Å². The van der Waals surface area contributed by atoms with Gasteiger partial charge in [0.05, 0.1) is 19.4 Å². The highest BCUT2D eigenvalue weighted by Gasteiger charge is 2.49. The summed E-state index contributed by atoms with van der Waals surface area (Å²) in [5, 5.41) is 0. The Morgan fingerprint density at radius 2 is 2.32 bits per heavy atom. The molecule has 1 N–H and O–H groups in total. The summed E-state index contributed by atoms with van der Waals surface area (Å²) in [5.74, 6) is -0.110. The third-order valence-corrected chi connectivity index (χ3v) is 3.78. The van der Waals surface area contributed by atoms with Gasteiger partial charge in [0.2, 0.25) is 0 Å². The Bertz CT molecular complexity index is 541. The molecule has 0 radical (unpaired) electrons. The summed E-state index contributed by atoms with van der Waals surface area (Å²) >= 11 is 0. The van der Waals surface area contributed by atoms with Crippen LogP contribution >= 0.6 is 0 Å². The second-order valence-electron chi connectivity index (χ2n) is 5.26. The van der Waals surface area contributed by atoms with Crippen molar-refractivity contribution in [3.63, 3.8) is 0 Å². The van der Waals surface area contributed by atoms with Gasteiger partial charge in [-0.05, 0) is 6.92 Å². The van der Waals surface area contributed by atoms with E-state index in [1.807, 2.05) is 6.92 Å². The average Bonchev–Trinajstić information content (AvgIpc) is 3.01. The standard InChI is InChI=1S/C12H16N4O3/c1-8-9(14-7-13-8)10(17)16-4-3-12(6-16)5-15(2)11(18)19-12/h7H,3-6H2,1-2H3,(H,13,14)/t12-/m0/s1. The van der Waals surface area contributed by atoms with Crippen molar-refractivity contribution < 1.29 is 14.3 Å². The maximum Gasteiger partial charge on any atom is 0.410 e. The van der Waals surface area contributed by atoms with Crippen LogP contribution in [-0.4, -0.2) is 64.1 Å². The fourth-order valence-electron chi connectivity index (χ4n) is 2.75. The molecule has 7 nitrogen and oxygen atoms in total. The number of aromatic amines is 1. The zero-order valence-corrected chi connectivity index (χ0v) is 11.0. The van der Waals surface area contributed by atoms with Crippen molar-refractivity contribution in [2.45, 2.75) is 18.9 Å². The van der Waals surface area contributed by atoms with Crippen molar-refractivity contribution in [2.24, 2.45) is 0 Å². The number of hydrogen-bond acceptors (Lipinski definition) is 4. The van der Waals surface area contributed by atoms with Crippen LogP contribution in [0.3, 0.4) is 0 Å². The molecule has 3 rings (SSSR count). The SMILES string of the molecule is Cc1[nH]cnc1C(=O)N1CC[C@]2(CN(C)C(=O)O2)C1. The van der Waals surface area contributed by atoms with Crippen LogP contribution in [0, 0.1) is 6.92 Å². The van der Waals surface area contributed by atoms with E-state index in [2.05, 4.69) is 9.97 Å². The minimum atomic E-state index is -0.536. The lowest BCUT2D eigenvalue weighted by atomic mass is 10.0. The van der Waals surface area contributed by atoms with Crippen LogP contribution in [0.5, 0.6) is 0 Å². The third kappa shape index (κ3) is 1.85. The van der Waals surface area contributed by atoms with E-state index < -0.39 is 5.60 Å². The Labute approximate surface area is 110 Å². The number of nitrogens with zero attached hydrogens (tertiary/aromatic N) is 3. The molecule has 0 aliphatic carbocycles. The molecular weight excluding hydrogens is 248 g/mol. The maximum absolute atomic E-state index is 12.3. The Balaban J connectivity index is 1.75. The first-order valence-corrected chi connectivity index (χ1v) is 6.24. The van der Waals surface area contributed by atoms with Gasteiger partial charge in [-0.25, -0.2) is 9.78 Å². The largest absolute Gasteiger partial charge is 0.439 e. The van der Waals surface area contributed by atoms with Crippen LogP contribution in [0.4, 0.5) is 4.79 Å². The van der Waals surface area contributed by atoms with Gasteiger partial charge in [-0.3, -0.25) is 4.79 Å². The molecule has 19 heavy (non-hydrogen) atoms. The summed E-state index contributed by atoms with van der Waals surface area (Å²) in [6.45, 7) is 3.38. The summed E-state index contributed by atoms with van der Waals surface area (Å²) < 4.78 is 5.41. The quantitative estimate of drug-likeness (QED) is 0.795. The number of nitrogens with one attached hydrogen (secondary N) is 1. The van der Waals surface area contributed by atoms with E-state index in [0.717, 1.165) is 5.69 Å². The number of rotatable bonds is 1. The number of H-pyrrole nitrogens is 1. The topological polar surface area (TPSA) is 78.5 Å². The van der Waals surface area contributed by atoms with Gasteiger partial charge in [0, 0.05) is 25.7 Å². The van der Waals surface area contributed by atoms with Gasteiger partial charge in [-0.1, -0.05) is 0 Å². The number of carbonyl (C=O) groups excluding carboxylic acids is 2. The fourth-order valence-corrected chi connectivity index (χ4v) is 2.75. The number of hydrogen-bond donors (Lipinski definition) is 1. The summed E-state index contributed by atoms with van der Waals surface area (Å²) in [7, 11) is 1.71. The van der Waals surface area contributed by atoms with Crippen molar-refractivity contribution in [1.82, 2.24) is 19.8 Å². The lowest BCUT2D eigenvalue weighted by Crippen LogP contribution is -2.39. The number of likely N-dealkylation sites (tertiary alicyclic amines) is 1. The normalized spacial score (nSPS) is 26.3. The lowest BCUT2D eigenvalue weighted by molar-refractivity contribution is 0.0550. The highest BCUT2D eigenvalue weighted by molar-refractivity contribution is 5.93. The van der Waals surface area contributed by atoms with Gasteiger partial charge in [-0.2, -0.15) is 0 Å². The molecule has 1 atom stereocenters. The smallest absolute Gasteiger partial charge is 0.410 e. The third-order valence-electron chi connectivity index (χ3n) is 3.78. The minimum Gasteiger partial charge on any atom is -0.439 e. The predicted octanol–water partition coefficient (Wildman–Crippen LogP) is 0.385. The first kappa shape index (κ1) is 12.0. The molecule has 3 heterocycles. The first-order valence-electron chi connectivity index (χ1n) is 6.24. The van der Waals surface area contributed by atoms with E-state index in [0.29, 0.717) is 31.7 Å². The number of likely N-dealkylation sites (N-methyl/N-ethyl adjacent to an activating group) is 1. The number of ether oxygens (including phenoxy) is 1. The van der Waals surface area contributed by atoms with Gasteiger partial charge >= 0.3 is 6.09 Å². The molecule has 2 aliphatic heterocycles. The van der Waals surface area contributed by atoms with Crippen LogP contribution < -0.4 is 0 Å². The Morgan fingerprint density at radius 1 is 1.53 bits per heavy atom. The molecule has 1 aromatic rings. The molecule has 2 saturated heterocycles. The molecule has 102 valence electrons. The van der Waals surface area contributed by atoms with Crippen molar-refractivity contribution in [1.29, 1.82) is 0 Å². The second-order valence-corrected chi connectivity index (χ2v) is 5.26. The summed E-state index contributed by atoms with van der Waals surface area (Å²) in [6.07, 6.45) is 1.88. The fraction of sp³-hybridized carbons (Fsp3) is 0.583. The van der Waals surface area contributed by atoms with Crippen molar-refractivity contribution in [3.05, 3.63) is 17.7 Å². The van der Waals surface area contributed by atoms with Gasteiger partial charge in [0.25, 0.3) is 5.91 Å². The average molecular weight is 264 g/mol. The molecular formula is C12H16N4O3. The highest BCUT2D eigenvalue weighted by atomic mass is 16.6. The second kappa shape index (κ2) is 3.97. The van der Waals surface area contributed by atoms with E-state index in [1.54, 1.807) is 16.8 Å². The van der Waals surface area contributed by atoms with Crippen molar-refractivity contribution in [3.8, 4) is 0 Å². The number of aryl methyl sites for hydroxylation is 1. The van der Waals surface area contributed by atoms with Crippen LogP contribution in [0.1, 0.15) is 22.6 Å². The van der Waals surface area contributed by atoms with Gasteiger partial charge < -0.3 is 19.5 Å². The molecule has 2 fully saturated rings. The number of carbonyl (C=O) groups is 2. The monoisotopic (exact) mass is 264 g/mol. The Kier molecular flexibility index (Phi) is 2.51. The Morgan fingerprint density at radius 3 is 2.89 bits per heavy atom. The zero-order valence-electron chi connectivity index (χ0n) is 11.0. The molecule has 0 aromatic carbocycles. The van der Waals surface area contributed by atoms with Gasteiger partial charge in [-0.15, -0.1) is 0 Å². The van der Waals surface area contributed by atoms with Crippen LogP contribution in [-0.2, 0) is 4.74 Å². The van der Waals surface area contributed by atoms with Crippen LogP contribution in [0.25, 0.3) is 0 Å². The molecule has 2 aliphatic rings. The molecule has 0 saturated carbocycles. The molecule has 2 amide bonds. The Hall–Kier alpha value is -2.05. The predicted molar refractivity (Wildman–Crippen MR) is 65.7 cm³/mol. The van der Waals surface area contributed by atoms with E-state index in [-0.39, 0.29) is 12.0 Å². The molecule has 7 heteroatoms. The van der Waals surface area contributed by atoms with E-state index in [9.17, 15) is 9.59 Å². The number of aromatic nitrogens is 2. The van der Waals surface area contributed by atoms with Gasteiger partial charge in [0.15, 0.2) is 5.60 Å². The van der Waals surface area contributed by atoms with Crippen LogP contribution in [0.15, 0.2) is 6.33 Å². The van der Waals surface area contributed by atoms with E-state index >= 15 is 0 Å². The minimum absolute atomic E-state index is 0.110.